The van der Waals surface area contributed by atoms with Gasteiger partial charge in [0, 0.05) is 6.61 Å². The molecule has 0 radical (unpaired) electrons. The lowest BCUT2D eigenvalue weighted by Crippen LogP contribution is -2.50. The minimum Gasteiger partial charge on any atom is -0.396 e. The molecule has 1 fully saturated rings. The Bertz CT molecular complexity index is 607. The van der Waals surface area contributed by atoms with Crippen LogP contribution in [0.5, 0.6) is 0 Å². The summed E-state index contributed by atoms with van der Waals surface area (Å²) in [4.78, 5) is 22.4. The Morgan fingerprint density at radius 2 is 2.29 bits per heavy atom. The molecule has 8 heteroatoms. The molecule has 21 heavy (non-hydrogen) atoms. The molecular formula is C13H16FN3O4. The molecule has 0 aliphatic carbocycles. The molecule has 114 valence electrons. The molecule has 7 nitrogen and oxygen atoms in total. The first kappa shape index (κ1) is 15.2. The van der Waals surface area contributed by atoms with Gasteiger partial charge in [0.15, 0.2) is 5.82 Å². The Morgan fingerprint density at radius 3 is 2.81 bits per heavy atom. The maximum absolute atomic E-state index is 13.3. The van der Waals surface area contributed by atoms with Gasteiger partial charge in [-0.3, -0.25) is 14.9 Å². The highest BCUT2D eigenvalue weighted by Gasteiger charge is 2.39. The quantitative estimate of drug-likeness (QED) is 0.500. The van der Waals surface area contributed by atoms with Crippen LogP contribution in [0.2, 0.25) is 0 Å². The second-order valence-electron chi connectivity index (χ2n) is 5.28. The number of carbonyl (C=O) groups is 1. The van der Waals surface area contributed by atoms with Crippen molar-refractivity contribution in [2.75, 3.05) is 12.3 Å². The van der Waals surface area contributed by atoms with Gasteiger partial charge in [0.1, 0.15) is 5.56 Å². The van der Waals surface area contributed by atoms with Crippen LogP contribution in [0.25, 0.3) is 0 Å². The second-order valence-corrected chi connectivity index (χ2v) is 5.28. The summed E-state index contributed by atoms with van der Waals surface area (Å²) in [6, 6.07) is 1.63. The molecule has 1 saturated heterocycles. The predicted molar refractivity (Wildman–Crippen MR) is 73.4 cm³/mol. The summed E-state index contributed by atoms with van der Waals surface area (Å²) < 4.78 is 18.7. The molecular weight excluding hydrogens is 281 g/mol. The van der Waals surface area contributed by atoms with E-state index in [1.165, 1.54) is 0 Å². The zero-order valence-corrected chi connectivity index (χ0v) is 11.7. The molecule has 1 aromatic carbocycles. The number of amides is 1. The van der Waals surface area contributed by atoms with Crippen molar-refractivity contribution in [2.24, 2.45) is 0 Å². The van der Waals surface area contributed by atoms with Crippen LogP contribution in [-0.2, 0) is 4.74 Å². The van der Waals surface area contributed by atoms with Crippen molar-refractivity contribution in [2.45, 2.75) is 31.9 Å². The van der Waals surface area contributed by atoms with Gasteiger partial charge in [-0.1, -0.05) is 0 Å². The summed E-state index contributed by atoms with van der Waals surface area (Å²) >= 11 is 0. The topological polar surface area (TPSA) is 107 Å². The number of hydrogen-bond donors (Lipinski definition) is 2. The number of ether oxygens (including phenoxy) is 1. The summed E-state index contributed by atoms with van der Waals surface area (Å²) in [6.07, 6.45) is 0.364. The highest BCUT2D eigenvalue weighted by molar-refractivity contribution is 5.99. The van der Waals surface area contributed by atoms with Gasteiger partial charge in [-0.25, -0.2) is 4.39 Å². The minimum atomic E-state index is -0.929. The third-order valence-corrected chi connectivity index (χ3v) is 3.84. The predicted octanol–water partition coefficient (Wildman–Crippen LogP) is 1.61. The number of nitrogens with one attached hydrogen (secondary N) is 1. The average Bonchev–Trinajstić information content (AvgIpc) is 2.71. The first-order chi connectivity index (χ1) is 9.74. The zero-order chi connectivity index (χ0) is 15.8. The lowest BCUT2D eigenvalue weighted by molar-refractivity contribution is -0.385. The van der Waals surface area contributed by atoms with Gasteiger partial charge in [0.2, 0.25) is 0 Å². The van der Waals surface area contributed by atoms with Crippen LogP contribution >= 0.6 is 0 Å². The zero-order valence-electron chi connectivity index (χ0n) is 11.7. The van der Waals surface area contributed by atoms with E-state index in [2.05, 4.69) is 5.32 Å². The number of anilines is 1. The Hall–Kier alpha value is -2.22. The number of hydrogen-bond acceptors (Lipinski definition) is 5. The average molecular weight is 297 g/mol. The third-order valence-electron chi connectivity index (χ3n) is 3.84. The smallest absolute Gasteiger partial charge is 0.285 e. The first-order valence-electron chi connectivity index (χ1n) is 6.42. The number of nitro groups is 1. The first-order valence-corrected chi connectivity index (χ1v) is 6.42. The summed E-state index contributed by atoms with van der Waals surface area (Å²) in [7, 11) is 0. The molecule has 3 N–H and O–H groups in total. The number of nitrogens with zero attached hydrogens (tertiary/aromatic N) is 1. The molecule has 1 amide bonds. The van der Waals surface area contributed by atoms with Gasteiger partial charge >= 0.3 is 0 Å². The molecule has 1 heterocycles. The van der Waals surface area contributed by atoms with Gasteiger partial charge < -0.3 is 15.8 Å². The van der Waals surface area contributed by atoms with Gasteiger partial charge in [-0.2, -0.15) is 0 Å². The number of nitro benzene ring substituents is 1. The van der Waals surface area contributed by atoms with Gasteiger partial charge in [-0.05, 0) is 26.3 Å². The SMILES string of the molecule is CC1OCCC1(C)NC(=O)c1cc(N)c(F)cc1[N+](=O)[O-]. The summed E-state index contributed by atoms with van der Waals surface area (Å²) in [6.45, 7) is 4.09. The van der Waals surface area contributed by atoms with E-state index in [1.54, 1.807) is 13.8 Å². The van der Waals surface area contributed by atoms with E-state index in [0.29, 0.717) is 19.1 Å². The molecule has 0 aromatic heterocycles. The summed E-state index contributed by atoms with van der Waals surface area (Å²) in [5, 5.41) is 13.7. The van der Waals surface area contributed by atoms with Gasteiger partial charge in [0.05, 0.1) is 28.3 Å². The van der Waals surface area contributed by atoms with Crippen molar-refractivity contribution in [1.29, 1.82) is 0 Å². The van der Waals surface area contributed by atoms with Crippen molar-refractivity contribution in [3.05, 3.63) is 33.6 Å². The van der Waals surface area contributed by atoms with Crippen LogP contribution in [0, 0.1) is 15.9 Å². The van der Waals surface area contributed by atoms with E-state index < -0.39 is 27.9 Å². The molecule has 2 rings (SSSR count). The van der Waals surface area contributed by atoms with Gasteiger partial charge in [0.25, 0.3) is 11.6 Å². The van der Waals surface area contributed by atoms with E-state index in [4.69, 9.17) is 10.5 Å². The number of rotatable bonds is 3. The largest absolute Gasteiger partial charge is 0.396 e. The maximum atomic E-state index is 13.3. The van der Waals surface area contributed by atoms with Crippen LogP contribution in [-0.4, -0.2) is 29.1 Å². The summed E-state index contributed by atoms with van der Waals surface area (Å²) in [5.41, 5.74) is 3.57. The highest BCUT2D eigenvalue weighted by Crippen LogP contribution is 2.28. The fourth-order valence-electron chi connectivity index (χ4n) is 2.24. The number of nitrogen functional groups attached to an aromatic ring is 1. The Balaban J connectivity index is 2.35. The van der Waals surface area contributed by atoms with E-state index in [9.17, 15) is 19.3 Å². The normalized spacial score (nSPS) is 24.8. The van der Waals surface area contributed by atoms with Gasteiger partial charge in [-0.15, -0.1) is 0 Å². The maximum Gasteiger partial charge on any atom is 0.285 e. The van der Waals surface area contributed by atoms with Crippen molar-refractivity contribution in [1.82, 2.24) is 5.32 Å². The number of nitrogens with two attached hydrogens (primary N) is 1. The fraction of sp³-hybridized carbons (Fsp3) is 0.462. The van der Waals surface area contributed by atoms with Crippen LogP contribution in [0.1, 0.15) is 30.6 Å². The number of carbonyl (C=O) groups excluding carboxylic acids is 1. The molecule has 1 aliphatic heterocycles. The monoisotopic (exact) mass is 297 g/mol. The number of benzene rings is 1. The minimum absolute atomic E-state index is 0.224. The lowest BCUT2D eigenvalue weighted by atomic mass is 9.94. The summed E-state index contributed by atoms with van der Waals surface area (Å²) in [5.74, 6) is -1.60. The molecule has 0 bridgehead atoms. The van der Waals surface area contributed by atoms with E-state index >= 15 is 0 Å². The number of halogens is 1. The molecule has 2 unspecified atom stereocenters. The highest BCUT2D eigenvalue weighted by atomic mass is 19.1. The van der Waals surface area contributed by atoms with E-state index in [0.717, 1.165) is 6.07 Å². The van der Waals surface area contributed by atoms with Crippen LogP contribution in [0.15, 0.2) is 12.1 Å². The Morgan fingerprint density at radius 1 is 1.62 bits per heavy atom. The van der Waals surface area contributed by atoms with Crippen molar-refractivity contribution >= 4 is 17.3 Å². The van der Waals surface area contributed by atoms with Crippen LogP contribution in [0.4, 0.5) is 15.8 Å². The Labute approximate surface area is 120 Å². The Kier molecular flexibility index (Phi) is 3.82. The molecule has 1 aromatic rings. The molecule has 0 spiro atoms. The van der Waals surface area contributed by atoms with Crippen molar-refractivity contribution in [3.63, 3.8) is 0 Å². The molecule has 1 aliphatic rings. The van der Waals surface area contributed by atoms with Crippen molar-refractivity contribution < 1.29 is 18.8 Å². The van der Waals surface area contributed by atoms with Crippen LogP contribution < -0.4 is 11.1 Å². The molecule has 2 atom stereocenters. The third kappa shape index (κ3) is 2.80. The van der Waals surface area contributed by atoms with Crippen LogP contribution in [0.3, 0.4) is 0 Å². The van der Waals surface area contributed by atoms with E-state index in [-0.39, 0.29) is 17.4 Å². The lowest BCUT2D eigenvalue weighted by Gasteiger charge is -2.28. The molecule has 0 saturated carbocycles. The van der Waals surface area contributed by atoms with Crippen molar-refractivity contribution in [3.8, 4) is 0 Å². The second kappa shape index (κ2) is 5.28. The fourth-order valence-corrected chi connectivity index (χ4v) is 2.24. The van der Waals surface area contributed by atoms with E-state index in [1.807, 2.05) is 0 Å². The standard InChI is InChI=1S/C13H16FN3O4/c1-7-13(2,3-4-21-7)16-12(18)8-5-10(15)9(14)6-11(8)17(19)20/h5-7H,3-4,15H2,1-2H3,(H,16,18).